The lowest BCUT2D eigenvalue weighted by atomic mass is 10.1. The highest BCUT2D eigenvalue weighted by Gasteiger charge is 2.28. The lowest BCUT2D eigenvalue weighted by Gasteiger charge is -2.09. The van der Waals surface area contributed by atoms with Crippen molar-refractivity contribution < 1.29 is 13.9 Å². The second kappa shape index (κ2) is 7.22. The first-order chi connectivity index (χ1) is 14.6. The summed E-state index contributed by atoms with van der Waals surface area (Å²) < 4.78 is 20.6. The Morgan fingerprint density at radius 1 is 1.03 bits per heavy atom. The number of nitrogen functional groups attached to an aromatic ring is 1. The molecule has 1 saturated carbocycles. The van der Waals surface area contributed by atoms with E-state index in [1.54, 1.807) is 16.8 Å². The SMILES string of the molecule is Nc1ncnc2c1c(-c1ccc(Oc3ccc(F)cc3)cc1)nn2C1CCC(=O)C1. The molecule has 0 aliphatic heterocycles. The molecule has 4 aromatic rings. The molecule has 0 radical (unpaired) electrons. The number of carbonyl (C=O) groups excluding carboxylic acids is 1. The number of carbonyl (C=O) groups is 1. The van der Waals surface area contributed by atoms with E-state index in [9.17, 15) is 9.18 Å². The summed E-state index contributed by atoms with van der Waals surface area (Å²) in [7, 11) is 0. The fraction of sp³-hybridized carbons (Fsp3) is 0.182. The predicted octanol–water partition coefficient (Wildman–Crippen LogP) is 4.30. The highest BCUT2D eigenvalue weighted by Crippen LogP contribution is 2.36. The third kappa shape index (κ3) is 3.26. The summed E-state index contributed by atoms with van der Waals surface area (Å²) in [5.41, 5.74) is 8.27. The molecule has 2 aromatic heterocycles. The monoisotopic (exact) mass is 403 g/mol. The van der Waals surface area contributed by atoms with Gasteiger partial charge in [0.2, 0.25) is 0 Å². The average molecular weight is 403 g/mol. The van der Waals surface area contributed by atoms with Crippen LogP contribution in [0.5, 0.6) is 11.5 Å². The van der Waals surface area contributed by atoms with Crippen molar-refractivity contribution in [3.63, 3.8) is 0 Å². The van der Waals surface area contributed by atoms with Gasteiger partial charge in [-0.05, 0) is 55.0 Å². The molecule has 2 N–H and O–H groups in total. The third-order valence-electron chi connectivity index (χ3n) is 5.26. The number of hydrogen-bond acceptors (Lipinski definition) is 6. The van der Waals surface area contributed by atoms with Crippen LogP contribution in [0.2, 0.25) is 0 Å². The van der Waals surface area contributed by atoms with E-state index in [4.69, 9.17) is 15.6 Å². The Hall–Kier alpha value is -3.81. The van der Waals surface area contributed by atoms with Gasteiger partial charge in [0.1, 0.15) is 40.9 Å². The van der Waals surface area contributed by atoms with Gasteiger partial charge in [-0.1, -0.05) is 0 Å². The summed E-state index contributed by atoms with van der Waals surface area (Å²) in [6, 6.07) is 13.2. The minimum absolute atomic E-state index is 0.0240. The van der Waals surface area contributed by atoms with Crippen LogP contribution in [0.25, 0.3) is 22.3 Å². The van der Waals surface area contributed by atoms with Crippen molar-refractivity contribution in [2.45, 2.75) is 25.3 Å². The Kier molecular flexibility index (Phi) is 4.39. The standard InChI is InChI=1S/C22H18FN5O2/c23-14-3-9-18(10-4-14)30-17-7-1-13(2-8-17)20-19-21(24)25-12-26-22(19)28(27-20)15-5-6-16(29)11-15/h1-4,7-10,12,15H,5-6,11H2,(H2,24,25,26). The van der Waals surface area contributed by atoms with Crippen molar-refractivity contribution in [3.05, 3.63) is 60.7 Å². The Labute approximate surface area is 171 Å². The van der Waals surface area contributed by atoms with E-state index in [0.29, 0.717) is 46.9 Å². The van der Waals surface area contributed by atoms with Crippen LogP contribution < -0.4 is 10.5 Å². The number of ether oxygens (including phenoxy) is 1. The number of nitrogens with two attached hydrogens (primary N) is 1. The molecule has 2 heterocycles. The van der Waals surface area contributed by atoms with Crippen molar-refractivity contribution in [1.29, 1.82) is 0 Å². The lowest BCUT2D eigenvalue weighted by Crippen LogP contribution is -2.08. The second-order valence-electron chi connectivity index (χ2n) is 7.27. The number of rotatable bonds is 4. The van der Waals surface area contributed by atoms with E-state index in [2.05, 4.69) is 9.97 Å². The predicted molar refractivity (Wildman–Crippen MR) is 110 cm³/mol. The molecule has 1 aliphatic rings. The number of aromatic nitrogens is 4. The number of Topliss-reactive ketones (excluding diaryl/α,β-unsaturated/α-hetero) is 1. The van der Waals surface area contributed by atoms with E-state index in [1.807, 2.05) is 24.3 Å². The quantitative estimate of drug-likeness (QED) is 0.546. The number of hydrogen-bond donors (Lipinski definition) is 1. The maximum atomic E-state index is 13.1. The van der Waals surface area contributed by atoms with Gasteiger partial charge in [0, 0.05) is 18.4 Å². The van der Waals surface area contributed by atoms with Crippen LogP contribution >= 0.6 is 0 Å². The minimum atomic E-state index is -0.316. The number of anilines is 1. The summed E-state index contributed by atoms with van der Waals surface area (Å²) in [6.45, 7) is 0. The fourth-order valence-electron chi connectivity index (χ4n) is 3.77. The summed E-state index contributed by atoms with van der Waals surface area (Å²) in [5.74, 6) is 1.41. The molecule has 8 heteroatoms. The molecule has 5 rings (SSSR count). The first-order valence-electron chi connectivity index (χ1n) is 9.63. The van der Waals surface area contributed by atoms with Crippen molar-refractivity contribution in [1.82, 2.24) is 19.7 Å². The topological polar surface area (TPSA) is 95.9 Å². The van der Waals surface area contributed by atoms with Gasteiger partial charge in [-0.15, -0.1) is 0 Å². The number of nitrogens with zero attached hydrogens (tertiary/aromatic N) is 4. The number of benzene rings is 2. The minimum Gasteiger partial charge on any atom is -0.457 e. The van der Waals surface area contributed by atoms with E-state index >= 15 is 0 Å². The molecule has 1 fully saturated rings. The van der Waals surface area contributed by atoms with Crippen LogP contribution in [-0.2, 0) is 4.79 Å². The molecular formula is C22H18FN5O2. The average Bonchev–Trinajstić information content (AvgIpc) is 3.35. The van der Waals surface area contributed by atoms with Crippen LogP contribution in [-0.4, -0.2) is 25.5 Å². The van der Waals surface area contributed by atoms with Crippen LogP contribution in [0.15, 0.2) is 54.9 Å². The molecule has 0 spiro atoms. The zero-order chi connectivity index (χ0) is 20.7. The number of fused-ring (bicyclic) bond motifs is 1. The molecule has 1 aliphatic carbocycles. The first-order valence-corrected chi connectivity index (χ1v) is 9.63. The molecule has 2 aromatic carbocycles. The van der Waals surface area contributed by atoms with E-state index in [1.165, 1.54) is 18.5 Å². The maximum absolute atomic E-state index is 13.1. The summed E-state index contributed by atoms with van der Waals surface area (Å²) in [4.78, 5) is 20.3. The molecule has 1 atom stereocenters. The zero-order valence-electron chi connectivity index (χ0n) is 16.0. The van der Waals surface area contributed by atoms with E-state index in [0.717, 1.165) is 12.0 Å². The molecule has 0 saturated heterocycles. The van der Waals surface area contributed by atoms with Gasteiger partial charge in [-0.2, -0.15) is 5.10 Å². The Balaban J connectivity index is 1.51. The highest BCUT2D eigenvalue weighted by molar-refractivity contribution is 5.98. The largest absolute Gasteiger partial charge is 0.457 e. The van der Waals surface area contributed by atoms with Gasteiger partial charge in [0.05, 0.1) is 11.4 Å². The molecule has 0 bridgehead atoms. The van der Waals surface area contributed by atoms with Crippen LogP contribution in [0, 0.1) is 5.82 Å². The summed E-state index contributed by atoms with van der Waals surface area (Å²) in [6.07, 6.45) is 3.15. The van der Waals surface area contributed by atoms with Crippen LogP contribution in [0.3, 0.4) is 0 Å². The van der Waals surface area contributed by atoms with Crippen molar-refractivity contribution in [2.24, 2.45) is 0 Å². The molecule has 7 nitrogen and oxygen atoms in total. The van der Waals surface area contributed by atoms with E-state index in [-0.39, 0.29) is 17.6 Å². The summed E-state index contributed by atoms with van der Waals surface area (Å²) >= 11 is 0. The van der Waals surface area contributed by atoms with Gasteiger partial charge >= 0.3 is 0 Å². The fourth-order valence-corrected chi connectivity index (χ4v) is 3.77. The molecular weight excluding hydrogens is 385 g/mol. The van der Waals surface area contributed by atoms with Gasteiger partial charge < -0.3 is 10.5 Å². The van der Waals surface area contributed by atoms with E-state index < -0.39 is 0 Å². The number of halogens is 1. The highest BCUT2D eigenvalue weighted by atomic mass is 19.1. The van der Waals surface area contributed by atoms with Crippen molar-refractivity contribution in [2.75, 3.05) is 5.73 Å². The van der Waals surface area contributed by atoms with Crippen LogP contribution in [0.4, 0.5) is 10.2 Å². The smallest absolute Gasteiger partial charge is 0.164 e. The number of ketones is 1. The lowest BCUT2D eigenvalue weighted by molar-refractivity contribution is -0.117. The molecule has 1 unspecified atom stereocenters. The second-order valence-corrected chi connectivity index (χ2v) is 7.27. The zero-order valence-corrected chi connectivity index (χ0v) is 16.0. The van der Waals surface area contributed by atoms with Crippen molar-refractivity contribution in [3.8, 4) is 22.8 Å². The Morgan fingerprint density at radius 3 is 2.40 bits per heavy atom. The molecule has 30 heavy (non-hydrogen) atoms. The molecule has 0 amide bonds. The van der Waals surface area contributed by atoms with Crippen molar-refractivity contribution >= 4 is 22.6 Å². The molecule has 150 valence electrons. The summed E-state index contributed by atoms with van der Waals surface area (Å²) in [5, 5.41) is 5.43. The van der Waals surface area contributed by atoms with Gasteiger partial charge in [0.25, 0.3) is 0 Å². The maximum Gasteiger partial charge on any atom is 0.164 e. The van der Waals surface area contributed by atoms with Gasteiger partial charge in [-0.25, -0.2) is 19.0 Å². The van der Waals surface area contributed by atoms with Crippen LogP contribution in [0.1, 0.15) is 25.3 Å². The first kappa shape index (κ1) is 18.2. The normalized spacial score (nSPS) is 16.3. The Bertz CT molecular complexity index is 1240. The third-order valence-corrected chi connectivity index (χ3v) is 5.26. The Morgan fingerprint density at radius 2 is 1.73 bits per heavy atom. The van der Waals surface area contributed by atoms with Gasteiger partial charge in [-0.3, -0.25) is 4.79 Å². The van der Waals surface area contributed by atoms with Gasteiger partial charge in [0.15, 0.2) is 5.65 Å².